The van der Waals surface area contributed by atoms with Gasteiger partial charge in [-0.15, -0.1) is 6.58 Å². The molecule has 5 heteroatoms. The van der Waals surface area contributed by atoms with Crippen LogP contribution in [-0.2, 0) is 11.3 Å². The molecule has 5 nitrogen and oxygen atoms in total. The summed E-state index contributed by atoms with van der Waals surface area (Å²) < 4.78 is 0. The van der Waals surface area contributed by atoms with Crippen LogP contribution in [0.2, 0.25) is 0 Å². The summed E-state index contributed by atoms with van der Waals surface area (Å²) in [5.74, 6) is -1.18. The molecule has 0 aliphatic heterocycles. The van der Waals surface area contributed by atoms with Crippen LogP contribution in [0.15, 0.2) is 31.0 Å². The highest BCUT2D eigenvalue weighted by atomic mass is 16.4. The fraction of sp³-hybridized carbons (Fsp3) is 0.182. The standard InChI is InChI=1S/C11H12N2O3/c1-2-3-10(14)13-7-9-6-8(11(15)16)4-5-12-9/h2,4-6H,1,3,7H2,(H,13,14)(H,15,16). The van der Waals surface area contributed by atoms with Crippen LogP contribution in [0, 0.1) is 0 Å². The fourth-order valence-electron chi connectivity index (χ4n) is 1.10. The van der Waals surface area contributed by atoms with Gasteiger partial charge in [0.1, 0.15) is 0 Å². The minimum Gasteiger partial charge on any atom is -0.478 e. The number of aromatic carboxylic acids is 1. The van der Waals surface area contributed by atoms with Crippen molar-refractivity contribution in [3.63, 3.8) is 0 Å². The number of carbonyl (C=O) groups is 2. The second-order valence-electron chi connectivity index (χ2n) is 3.11. The van der Waals surface area contributed by atoms with Crippen molar-refractivity contribution in [1.29, 1.82) is 0 Å². The molecule has 1 amide bonds. The summed E-state index contributed by atoms with van der Waals surface area (Å²) >= 11 is 0. The van der Waals surface area contributed by atoms with E-state index in [1.165, 1.54) is 24.4 Å². The van der Waals surface area contributed by atoms with Crippen LogP contribution >= 0.6 is 0 Å². The first-order valence-electron chi connectivity index (χ1n) is 4.69. The van der Waals surface area contributed by atoms with Crippen molar-refractivity contribution in [3.05, 3.63) is 42.2 Å². The number of amides is 1. The van der Waals surface area contributed by atoms with Crippen LogP contribution in [0.4, 0.5) is 0 Å². The van der Waals surface area contributed by atoms with Crippen molar-refractivity contribution in [2.45, 2.75) is 13.0 Å². The molecule has 0 fully saturated rings. The Balaban J connectivity index is 2.60. The van der Waals surface area contributed by atoms with E-state index >= 15 is 0 Å². The second kappa shape index (κ2) is 5.65. The lowest BCUT2D eigenvalue weighted by Crippen LogP contribution is -2.22. The Kier molecular flexibility index (Phi) is 4.20. The number of rotatable bonds is 5. The van der Waals surface area contributed by atoms with Crippen LogP contribution < -0.4 is 5.32 Å². The molecule has 0 aromatic carbocycles. The van der Waals surface area contributed by atoms with Crippen molar-refractivity contribution in [2.24, 2.45) is 0 Å². The zero-order valence-corrected chi connectivity index (χ0v) is 8.64. The number of nitrogens with one attached hydrogen (secondary N) is 1. The third-order valence-corrected chi connectivity index (χ3v) is 1.86. The van der Waals surface area contributed by atoms with Crippen molar-refractivity contribution in [2.75, 3.05) is 0 Å². The molecule has 2 N–H and O–H groups in total. The summed E-state index contributed by atoms with van der Waals surface area (Å²) in [6.07, 6.45) is 3.13. The van der Waals surface area contributed by atoms with Gasteiger partial charge in [-0.25, -0.2) is 4.79 Å². The topological polar surface area (TPSA) is 79.3 Å². The van der Waals surface area contributed by atoms with Crippen molar-refractivity contribution >= 4 is 11.9 Å². The number of nitrogens with zero attached hydrogens (tertiary/aromatic N) is 1. The first-order chi connectivity index (χ1) is 7.63. The molecule has 0 atom stereocenters. The van der Waals surface area contributed by atoms with E-state index in [2.05, 4.69) is 16.9 Å². The molecular weight excluding hydrogens is 208 g/mol. The summed E-state index contributed by atoms with van der Waals surface area (Å²) in [6, 6.07) is 2.83. The lowest BCUT2D eigenvalue weighted by Gasteiger charge is -2.03. The van der Waals surface area contributed by atoms with E-state index in [4.69, 9.17) is 5.11 Å². The largest absolute Gasteiger partial charge is 0.478 e. The summed E-state index contributed by atoms with van der Waals surface area (Å²) in [7, 11) is 0. The van der Waals surface area contributed by atoms with Crippen LogP contribution in [0.1, 0.15) is 22.5 Å². The van der Waals surface area contributed by atoms with E-state index in [-0.39, 0.29) is 24.4 Å². The molecule has 1 aromatic heterocycles. The van der Waals surface area contributed by atoms with Crippen molar-refractivity contribution < 1.29 is 14.7 Å². The van der Waals surface area contributed by atoms with Gasteiger partial charge in [0.05, 0.1) is 17.8 Å². The third kappa shape index (κ3) is 3.53. The first-order valence-corrected chi connectivity index (χ1v) is 4.69. The van der Waals surface area contributed by atoms with Gasteiger partial charge < -0.3 is 10.4 Å². The molecular formula is C11H12N2O3. The Hall–Kier alpha value is -2.17. The number of pyridine rings is 1. The zero-order chi connectivity index (χ0) is 12.0. The van der Waals surface area contributed by atoms with Gasteiger partial charge in [0.2, 0.25) is 5.91 Å². The van der Waals surface area contributed by atoms with Crippen LogP contribution in [0.25, 0.3) is 0 Å². The molecule has 0 aliphatic carbocycles. The first kappa shape index (κ1) is 11.9. The van der Waals surface area contributed by atoms with Gasteiger partial charge in [0, 0.05) is 12.6 Å². The molecule has 1 aromatic rings. The summed E-state index contributed by atoms with van der Waals surface area (Å²) in [5.41, 5.74) is 0.667. The predicted molar refractivity (Wildman–Crippen MR) is 57.9 cm³/mol. The van der Waals surface area contributed by atoms with E-state index in [0.717, 1.165) is 0 Å². The Labute approximate surface area is 92.8 Å². The lowest BCUT2D eigenvalue weighted by atomic mass is 10.2. The number of hydrogen-bond donors (Lipinski definition) is 2. The number of aromatic nitrogens is 1. The van der Waals surface area contributed by atoms with Gasteiger partial charge in [0.25, 0.3) is 0 Å². The maximum Gasteiger partial charge on any atom is 0.335 e. The fourth-order valence-corrected chi connectivity index (χ4v) is 1.10. The Morgan fingerprint density at radius 3 is 2.94 bits per heavy atom. The Bertz CT molecular complexity index is 415. The molecule has 0 spiro atoms. The summed E-state index contributed by atoms with van der Waals surface area (Å²) in [4.78, 5) is 25.7. The van der Waals surface area contributed by atoms with Gasteiger partial charge in [-0.05, 0) is 12.1 Å². The van der Waals surface area contributed by atoms with E-state index in [0.29, 0.717) is 5.69 Å². The van der Waals surface area contributed by atoms with Crippen molar-refractivity contribution in [1.82, 2.24) is 10.3 Å². The van der Waals surface area contributed by atoms with Crippen molar-refractivity contribution in [3.8, 4) is 0 Å². The SMILES string of the molecule is C=CCC(=O)NCc1cc(C(=O)O)ccn1. The molecule has 0 saturated carbocycles. The normalized spacial score (nSPS) is 9.50. The van der Waals surface area contributed by atoms with E-state index < -0.39 is 5.97 Å². The second-order valence-corrected chi connectivity index (χ2v) is 3.11. The van der Waals surface area contributed by atoms with E-state index in [1.807, 2.05) is 0 Å². The number of carboxylic acid groups (broad SMARTS) is 1. The molecule has 1 rings (SSSR count). The third-order valence-electron chi connectivity index (χ3n) is 1.86. The lowest BCUT2D eigenvalue weighted by molar-refractivity contribution is -0.120. The highest BCUT2D eigenvalue weighted by Gasteiger charge is 2.05. The highest BCUT2D eigenvalue weighted by Crippen LogP contribution is 2.01. The Morgan fingerprint density at radius 2 is 2.31 bits per heavy atom. The number of carbonyl (C=O) groups excluding carboxylic acids is 1. The highest BCUT2D eigenvalue weighted by molar-refractivity contribution is 5.87. The maximum absolute atomic E-state index is 11.1. The van der Waals surface area contributed by atoms with Gasteiger partial charge in [-0.1, -0.05) is 6.08 Å². The van der Waals surface area contributed by atoms with Gasteiger partial charge in [0.15, 0.2) is 0 Å². The zero-order valence-electron chi connectivity index (χ0n) is 8.64. The predicted octanol–water partition coefficient (Wildman–Crippen LogP) is 0.972. The van der Waals surface area contributed by atoms with Crippen LogP contribution in [0.3, 0.4) is 0 Å². The van der Waals surface area contributed by atoms with E-state index in [9.17, 15) is 9.59 Å². The smallest absolute Gasteiger partial charge is 0.335 e. The molecule has 0 bridgehead atoms. The average molecular weight is 220 g/mol. The molecule has 1 heterocycles. The minimum absolute atomic E-state index is 0.156. The number of hydrogen-bond acceptors (Lipinski definition) is 3. The molecule has 84 valence electrons. The molecule has 0 unspecified atom stereocenters. The van der Waals surface area contributed by atoms with E-state index in [1.54, 1.807) is 0 Å². The average Bonchev–Trinajstić information content (AvgIpc) is 2.27. The van der Waals surface area contributed by atoms with Gasteiger partial charge >= 0.3 is 5.97 Å². The maximum atomic E-state index is 11.1. The summed E-state index contributed by atoms with van der Waals surface area (Å²) in [5, 5.41) is 11.3. The molecule has 0 saturated heterocycles. The van der Waals surface area contributed by atoms with Gasteiger partial charge in [-0.2, -0.15) is 0 Å². The monoisotopic (exact) mass is 220 g/mol. The molecule has 0 aliphatic rings. The quantitative estimate of drug-likeness (QED) is 0.725. The number of carboxylic acids is 1. The molecule has 16 heavy (non-hydrogen) atoms. The molecule has 0 radical (unpaired) electrons. The van der Waals surface area contributed by atoms with Gasteiger partial charge in [-0.3, -0.25) is 9.78 Å². The summed E-state index contributed by atoms with van der Waals surface area (Å²) in [6.45, 7) is 3.65. The van der Waals surface area contributed by atoms with Crippen LogP contribution in [0.5, 0.6) is 0 Å². The minimum atomic E-state index is -1.01. The van der Waals surface area contributed by atoms with Crippen LogP contribution in [-0.4, -0.2) is 22.0 Å². The Morgan fingerprint density at radius 1 is 1.56 bits per heavy atom.